The molecule has 1 fully saturated rings. The Balaban J connectivity index is 1.58. The van der Waals surface area contributed by atoms with E-state index < -0.39 is 0 Å². The van der Waals surface area contributed by atoms with Crippen LogP contribution < -0.4 is 0 Å². The molecule has 1 aliphatic rings. The Kier molecular flexibility index (Phi) is 7.44. The number of likely N-dealkylation sites (tertiary alicyclic amines) is 1. The largest absolute Gasteiger partial charge is 0.306 e. The molecule has 1 saturated heterocycles. The first kappa shape index (κ1) is 20.8. The molecule has 2 nitrogen and oxygen atoms in total. The molecule has 0 unspecified atom stereocenters. The van der Waals surface area contributed by atoms with E-state index in [9.17, 15) is 4.79 Å². The average molecular weight is 378 g/mol. The molecule has 0 saturated carbocycles. The van der Waals surface area contributed by atoms with E-state index >= 15 is 0 Å². The van der Waals surface area contributed by atoms with E-state index in [0.717, 1.165) is 37.2 Å². The summed E-state index contributed by atoms with van der Waals surface area (Å²) in [6, 6.07) is 15.0. The van der Waals surface area contributed by atoms with Gasteiger partial charge in [0.25, 0.3) is 0 Å². The number of benzene rings is 2. The molecular weight excluding hydrogens is 342 g/mol. The molecule has 2 heteroatoms. The van der Waals surface area contributed by atoms with E-state index in [-0.39, 0.29) is 0 Å². The van der Waals surface area contributed by atoms with Crippen LogP contribution in [-0.4, -0.2) is 30.8 Å². The van der Waals surface area contributed by atoms with E-state index in [4.69, 9.17) is 0 Å². The van der Waals surface area contributed by atoms with Crippen molar-refractivity contribution >= 4 is 5.78 Å². The molecule has 1 aliphatic heterocycles. The Hall–Kier alpha value is -1.93. The Morgan fingerprint density at radius 2 is 1.71 bits per heavy atom. The van der Waals surface area contributed by atoms with Gasteiger partial charge in [0.05, 0.1) is 0 Å². The summed E-state index contributed by atoms with van der Waals surface area (Å²) in [6.07, 6.45) is 7.30. The highest BCUT2D eigenvalue weighted by Crippen LogP contribution is 2.23. The summed E-state index contributed by atoms with van der Waals surface area (Å²) in [7, 11) is 2.19. The first-order valence-corrected chi connectivity index (χ1v) is 10.9. The van der Waals surface area contributed by atoms with Gasteiger partial charge in [-0.2, -0.15) is 0 Å². The summed E-state index contributed by atoms with van der Waals surface area (Å²) in [6.45, 7) is 6.73. The fourth-order valence-electron chi connectivity index (χ4n) is 4.36. The highest BCUT2D eigenvalue weighted by atomic mass is 16.1. The molecule has 150 valence electrons. The van der Waals surface area contributed by atoms with Crippen LogP contribution in [0.3, 0.4) is 0 Å². The molecule has 28 heavy (non-hydrogen) atoms. The predicted molar refractivity (Wildman–Crippen MR) is 118 cm³/mol. The van der Waals surface area contributed by atoms with Crippen molar-refractivity contribution in [2.45, 2.75) is 58.8 Å². The Morgan fingerprint density at radius 1 is 1.00 bits per heavy atom. The van der Waals surface area contributed by atoms with Crippen LogP contribution in [0.25, 0.3) is 0 Å². The minimum atomic E-state index is 0.319. The highest BCUT2D eigenvalue weighted by Gasteiger charge is 2.18. The summed E-state index contributed by atoms with van der Waals surface area (Å²) in [5.74, 6) is 1.04. The maximum Gasteiger partial charge on any atom is 0.162 e. The van der Waals surface area contributed by atoms with Gasteiger partial charge < -0.3 is 4.90 Å². The van der Waals surface area contributed by atoms with Crippen LogP contribution in [0, 0.1) is 12.8 Å². The summed E-state index contributed by atoms with van der Waals surface area (Å²) in [5.41, 5.74) is 6.41. The van der Waals surface area contributed by atoms with Crippen molar-refractivity contribution in [1.82, 2.24) is 4.90 Å². The van der Waals surface area contributed by atoms with Crippen molar-refractivity contribution in [3.05, 3.63) is 70.3 Å². The van der Waals surface area contributed by atoms with Crippen LogP contribution in [-0.2, 0) is 19.3 Å². The third-order valence-electron chi connectivity index (χ3n) is 6.45. The van der Waals surface area contributed by atoms with E-state index in [1.54, 1.807) is 0 Å². The second-order valence-corrected chi connectivity index (χ2v) is 8.47. The Bertz CT molecular complexity index is 787. The normalized spacial score (nSPS) is 15.7. The molecule has 0 atom stereocenters. The van der Waals surface area contributed by atoms with E-state index in [1.165, 1.54) is 48.2 Å². The van der Waals surface area contributed by atoms with E-state index in [2.05, 4.69) is 68.3 Å². The number of nitrogens with zero attached hydrogens (tertiary/aromatic N) is 1. The molecule has 2 aromatic carbocycles. The van der Waals surface area contributed by atoms with Crippen molar-refractivity contribution in [3.8, 4) is 0 Å². The number of aryl methyl sites for hydroxylation is 4. The van der Waals surface area contributed by atoms with Gasteiger partial charge in [0.15, 0.2) is 5.78 Å². The monoisotopic (exact) mass is 377 g/mol. The standard InChI is InChI=1S/C26H35NO/c1-4-22-19-25(26(28)14-9-21-15-17-27(3)18-16-21)13-12-24(22)11-10-23-8-6-5-7-20(23)2/h5-8,12-13,19,21H,4,9-11,14-18H2,1-3H3. The van der Waals surface area contributed by atoms with Gasteiger partial charge >= 0.3 is 0 Å². The lowest BCUT2D eigenvalue weighted by Crippen LogP contribution is -2.30. The molecule has 0 N–H and O–H groups in total. The van der Waals surface area contributed by atoms with Gasteiger partial charge in [-0.15, -0.1) is 0 Å². The molecule has 1 heterocycles. The molecular formula is C26H35NO. The third-order valence-corrected chi connectivity index (χ3v) is 6.45. The van der Waals surface area contributed by atoms with Gasteiger partial charge in [-0.25, -0.2) is 0 Å². The summed E-state index contributed by atoms with van der Waals surface area (Å²) >= 11 is 0. The maximum absolute atomic E-state index is 12.7. The fourth-order valence-corrected chi connectivity index (χ4v) is 4.36. The second kappa shape index (κ2) is 10.0. The van der Waals surface area contributed by atoms with Gasteiger partial charge in [-0.1, -0.05) is 43.3 Å². The number of carbonyl (C=O) groups excluding carboxylic acids is 1. The number of carbonyl (C=O) groups is 1. The number of hydrogen-bond donors (Lipinski definition) is 0. The number of Topliss-reactive ketones (excluding diaryl/α,β-unsaturated/α-hetero) is 1. The Morgan fingerprint density at radius 3 is 2.43 bits per heavy atom. The van der Waals surface area contributed by atoms with Crippen LogP contribution in [0.15, 0.2) is 42.5 Å². The van der Waals surface area contributed by atoms with Crippen molar-refractivity contribution in [2.75, 3.05) is 20.1 Å². The zero-order valence-corrected chi connectivity index (χ0v) is 17.8. The van der Waals surface area contributed by atoms with Crippen LogP contribution in [0.4, 0.5) is 0 Å². The quantitative estimate of drug-likeness (QED) is 0.554. The zero-order chi connectivity index (χ0) is 19.9. The molecule has 0 spiro atoms. The van der Waals surface area contributed by atoms with E-state index in [0.29, 0.717) is 12.2 Å². The molecule has 0 amide bonds. The topological polar surface area (TPSA) is 20.3 Å². The van der Waals surface area contributed by atoms with Gasteiger partial charge in [-0.3, -0.25) is 4.79 Å². The third kappa shape index (κ3) is 5.54. The SMILES string of the molecule is CCc1cc(C(=O)CCC2CCN(C)CC2)ccc1CCc1ccccc1C. The Labute approximate surface area is 171 Å². The lowest BCUT2D eigenvalue weighted by atomic mass is 9.89. The van der Waals surface area contributed by atoms with Gasteiger partial charge in [0.2, 0.25) is 0 Å². The summed E-state index contributed by atoms with van der Waals surface area (Å²) in [4.78, 5) is 15.1. The lowest BCUT2D eigenvalue weighted by Gasteiger charge is -2.28. The molecule has 0 bridgehead atoms. The highest BCUT2D eigenvalue weighted by molar-refractivity contribution is 5.96. The van der Waals surface area contributed by atoms with Crippen LogP contribution in [0.5, 0.6) is 0 Å². The first-order valence-electron chi connectivity index (χ1n) is 10.9. The van der Waals surface area contributed by atoms with Gasteiger partial charge in [0, 0.05) is 12.0 Å². The maximum atomic E-state index is 12.7. The fraction of sp³-hybridized carbons (Fsp3) is 0.500. The summed E-state index contributed by atoms with van der Waals surface area (Å²) in [5, 5.41) is 0. The van der Waals surface area contributed by atoms with Gasteiger partial charge in [-0.05, 0) is 99.8 Å². The second-order valence-electron chi connectivity index (χ2n) is 8.47. The van der Waals surface area contributed by atoms with Crippen molar-refractivity contribution in [2.24, 2.45) is 5.92 Å². The van der Waals surface area contributed by atoms with Crippen molar-refractivity contribution in [1.29, 1.82) is 0 Å². The van der Waals surface area contributed by atoms with Crippen molar-refractivity contribution < 1.29 is 4.79 Å². The first-order chi connectivity index (χ1) is 13.6. The summed E-state index contributed by atoms with van der Waals surface area (Å²) < 4.78 is 0. The van der Waals surface area contributed by atoms with Crippen molar-refractivity contribution in [3.63, 3.8) is 0 Å². The van der Waals surface area contributed by atoms with Gasteiger partial charge in [0.1, 0.15) is 0 Å². The molecule has 0 aromatic heterocycles. The average Bonchev–Trinajstić information content (AvgIpc) is 2.72. The van der Waals surface area contributed by atoms with Crippen LogP contribution >= 0.6 is 0 Å². The number of piperidine rings is 1. The smallest absolute Gasteiger partial charge is 0.162 e. The van der Waals surface area contributed by atoms with Crippen LogP contribution in [0.1, 0.15) is 65.2 Å². The molecule has 2 aromatic rings. The minimum Gasteiger partial charge on any atom is -0.306 e. The number of rotatable bonds is 8. The number of ketones is 1. The molecule has 0 radical (unpaired) electrons. The predicted octanol–water partition coefficient (Wildman–Crippen LogP) is 5.65. The minimum absolute atomic E-state index is 0.319. The molecule has 0 aliphatic carbocycles. The van der Waals surface area contributed by atoms with E-state index in [1.807, 2.05) is 0 Å². The molecule has 3 rings (SSSR count). The zero-order valence-electron chi connectivity index (χ0n) is 17.8. The number of hydrogen-bond acceptors (Lipinski definition) is 2. The lowest BCUT2D eigenvalue weighted by molar-refractivity contribution is 0.0965. The van der Waals surface area contributed by atoms with Crippen LogP contribution in [0.2, 0.25) is 0 Å².